The molecule has 16 heavy (non-hydrogen) atoms. The van der Waals surface area contributed by atoms with E-state index in [0.29, 0.717) is 12.5 Å². The maximum Gasteiger partial charge on any atom is 0.211 e. The molecule has 0 heterocycles. The van der Waals surface area contributed by atoms with Crippen LogP contribution in [0.5, 0.6) is 0 Å². The van der Waals surface area contributed by atoms with Crippen LogP contribution in [0.4, 0.5) is 0 Å². The Kier molecular flexibility index (Phi) is 5.72. The van der Waals surface area contributed by atoms with E-state index in [9.17, 15) is 8.42 Å². The second-order valence-corrected chi connectivity index (χ2v) is 6.55. The maximum absolute atomic E-state index is 11.8. The van der Waals surface area contributed by atoms with Crippen LogP contribution in [0.1, 0.15) is 45.4 Å². The van der Waals surface area contributed by atoms with Gasteiger partial charge in [0.15, 0.2) is 0 Å². The summed E-state index contributed by atoms with van der Waals surface area (Å²) in [5.74, 6) is 0.572. The number of unbranched alkanes of at least 4 members (excludes halogenated alkanes) is 1. The fraction of sp³-hybridized carbons (Fsp3) is 1.00. The molecule has 0 radical (unpaired) electrons. The summed E-state index contributed by atoms with van der Waals surface area (Å²) >= 11 is 0. The lowest BCUT2D eigenvalue weighted by Crippen LogP contribution is -2.45. The third kappa shape index (κ3) is 4.39. The summed E-state index contributed by atoms with van der Waals surface area (Å²) < 4.78 is 26.4. The van der Waals surface area contributed by atoms with Crippen LogP contribution in [-0.4, -0.2) is 26.8 Å². The molecule has 0 amide bonds. The first-order valence-corrected chi connectivity index (χ1v) is 7.94. The van der Waals surface area contributed by atoms with Crippen molar-refractivity contribution < 1.29 is 8.42 Å². The van der Waals surface area contributed by atoms with E-state index in [2.05, 4.69) is 4.72 Å². The van der Waals surface area contributed by atoms with E-state index in [-0.39, 0.29) is 11.8 Å². The molecule has 2 unspecified atom stereocenters. The van der Waals surface area contributed by atoms with E-state index < -0.39 is 10.0 Å². The van der Waals surface area contributed by atoms with Gasteiger partial charge in [0.1, 0.15) is 0 Å². The fourth-order valence-electron chi connectivity index (χ4n) is 2.27. The molecular weight excluding hydrogens is 224 g/mol. The largest absolute Gasteiger partial charge is 0.330 e. The normalized spacial score (nSPS) is 26.9. The lowest BCUT2D eigenvalue weighted by molar-refractivity contribution is 0.296. The van der Waals surface area contributed by atoms with E-state index >= 15 is 0 Å². The summed E-state index contributed by atoms with van der Waals surface area (Å²) in [5.41, 5.74) is 5.68. The average molecular weight is 248 g/mol. The Morgan fingerprint density at radius 3 is 2.62 bits per heavy atom. The summed E-state index contributed by atoms with van der Waals surface area (Å²) in [7, 11) is -3.09. The molecule has 0 aromatic carbocycles. The smallest absolute Gasteiger partial charge is 0.211 e. The molecule has 1 saturated carbocycles. The standard InChI is InChI=1S/C11H24N2O2S/c1-2-3-8-16(14,15)13-11-7-5-4-6-10(11)9-12/h10-11,13H,2-9,12H2,1H3. The number of rotatable bonds is 6. The van der Waals surface area contributed by atoms with Gasteiger partial charge in [0.05, 0.1) is 5.75 Å². The minimum Gasteiger partial charge on any atom is -0.330 e. The number of sulfonamides is 1. The van der Waals surface area contributed by atoms with Gasteiger partial charge in [0, 0.05) is 6.04 Å². The lowest BCUT2D eigenvalue weighted by Gasteiger charge is -2.31. The van der Waals surface area contributed by atoms with E-state index in [4.69, 9.17) is 5.73 Å². The molecule has 96 valence electrons. The molecule has 0 bridgehead atoms. The average Bonchev–Trinajstić information content (AvgIpc) is 2.27. The van der Waals surface area contributed by atoms with Crippen LogP contribution in [0.3, 0.4) is 0 Å². The maximum atomic E-state index is 11.8. The molecule has 1 aliphatic carbocycles. The van der Waals surface area contributed by atoms with Crippen molar-refractivity contribution in [2.45, 2.75) is 51.5 Å². The molecule has 1 aliphatic rings. The molecule has 0 aliphatic heterocycles. The zero-order valence-electron chi connectivity index (χ0n) is 10.1. The van der Waals surface area contributed by atoms with Crippen molar-refractivity contribution in [3.63, 3.8) is 0 Å². The van der Waals surface area contributed by atoms with Crippen LogP contribution in [0.25, 0.3) is 0 Å². The monoisotopic (exact) mass is 248 g/mol. The molecular formula is C11H24N2O2S. The minimum atomic E-state index is -3.09. The Hall–Kier alpha value is -0.130. The third-order valence-electron chi connectivity index (χ3n) is 3.31. The van der Waals surface area contributed by atoms with Crippen molar-refractivity contribution in [3.05, 3.63) is 0 Å². The molecule has 1 fully saturated rings. The third-order valence-corrected chi connectivity index (χ3v) is 4.80. The first kappa shape index (κ1) is 13.9. The summed E-state index contributed by atoms with van der Waals surface area (Å²) in [6, 6.07) is 0.0700. The second-order valence-electron chi connectivity index (χ2n) is 4.68. The highest BCUT2D eigenvalue weighted by molar-refractivity contribution is 7.89. The predicted octanol–water partition coefficient (Wildman–Crippen LogP) is 1.22. The van der Waals surface area contributed by atoms with E-state index in [1.54, 1.807) is 0 Å². The Balaban J connectivity index is 2.50. The first-order valence-electron chi connectivity index (χ1n) is 6.29. The first-order chi connectivity index (χ1) is 7.59. The van der Waals surface area contributed by atoms with Crippen molar-refractivity contribution >= 4 is 10.0 Å². The number of nitrogens with one attached hydrogen (secondary N) is 1. The van der Waals surface area contributed by atoms with Crippen LogP contribution in [0.2, 0.25) is 0 Å². The van der Waals surface area contributed by atoms with Crippen LogP contribution < -0.4 is 10.5 Å². The van der Waals surface area contributed by atoms with Crippen molar-refractivity contribution in [1.82, 2.24) is 4.72 Å². The van der Waals surface area contributed by atoms with Crippen LogP contribution >= 0.6 is 0 Å². The van der Waals surface area contributed by atoms with E-state index in [0.717, 1.165) is 32.1 Å². The zero-order valence-corrected chi connectivity index (χ0v) is 10.9. The summed E-state index contributed by atoms with van der Waals surface area (Å²) in [6.45, 7) is 2.58. The highest BCUT2D eigenvalue weighted by Gasteiger charge is 2.27. The molecule has 0 saturated heterocycles. The molecule has 4 nitrogen and oxygen atoms in total. The molecule has 5 heteroatoms. The summed E-state index contributed by atoms with van der Waals surface area (Å²) in [6.07, 6.45) is 5.92. The zero-order chi connectivity index (χ0) is 12.0. The van der Waals surface area contributed by atoms with Gasteiger partial charge in [-0.3, -0.25) is 0 Å². The van der Waals surface area contributed by atoms with Gasteiger partial charge in [-0.2, -0.15) is 0 Å². The minimum absolute atomic E-state index is 0.0700. The van der Waals surface area contributed by atoms with Gasteiger partial charge in [0.2, 0.25) is 10.0 Å². The molecule has 2 atom stereocenters. The van der Waals surface area contributed by atoms with Gasteiger partial charge in [-0.25, -0.2) is 13.1 Å². The molecule has 0 aromatic heterocycles. The van der Waals surface area contributed by atoms with Crippen molar-refractivity contribution in [3.8, 4) is 0 Å². The van der Waals surface area contributed by atoms with Crippen molar-refractivity contribution in [2.24, 2.45) is 11.7 Å². The Labute approximate surface area is 99.0 Å². The lowest BCUT2D eigenvalue weighted by atomic mass is 9.85. The van der Waals surface area contributed by atoms with Crippen molar-refractivity contribution in [1.29, 1.82) is 0 Å². The van der Waals surface area contributed by atoms with Gasteiger partial charge in [0.25, 0.3) is 0 Å². The Bertz CT molecular complexity index is 290. The van der Waals surface area contributed by atoms with E-state index in [1.165, 1.54) is 6.42 Å². The Morgan fingerprint density at radius 2 is 2.00 bits per heavy atom. The molecule has 1 rings (SSSR count). The van der Waals surface area contributed by atoms with Gasteiger partial charge < -0.3 is 5.73 Å². The fourth-order valence-corrected chi connectivity index (χ4v) is 3.83. The van der Waals surface area contributed by atoms with Crippen LogP contribution in [-0.2, 0) is 10.0 Å². The topological polar surface area (TPSA) is 72.2 Å². The second kappa shape index (κ2) is 6.57. The van der Waals surface area contributed by atoms with Gasteiger partial charge in [-0.05, 0) is 31.7 Å². The van der Waals surface area contributed by atoms with Gasteiger partial charge in [-0.15, -0.1) is 0 Å². The highest BCUT2D eigenvalue weighted by atomic mass is 32.2. The highest BCUT2D eigenvalue weighted by Crippen LogP contribution is 2.24. The van der Waals surface area contributed by atoms with Gasteiger partial charge >= 0.3 is 0 Å². The summed E-state index contributed by atoms with van der Waals surface area (Å²) in [5, 5.41) is 0. The molecule has 0 spiro atoms. The number of nitrogens with two attached hydrogens (primary N) is 1. The number of hydrogen-bond donors (Lipinski definition) is 2. The van der Waals surface area contributed by atoms with Crippen LogP contribution in [0.15, 0.2) is 0 Å². The van der Waals surface area contributed by atoms with Gasteiger partial charge in [-0.1, -0.05) is 26.2 Å². The Morgan fingerprint density at radius 1 is 1.31 bits per heavy atom. The van der Waals surface area contributed by atoms with E-state index in [1.807, 2.05) is 6.92 Å². The SMILES string of the molecule is CCCCS(=O)(=O)NC1CCCCC1CN. The predicted molar refractivity (Wildman–Crippen MR) is 66.6 cm³/mol. The quantitative estimate of drug-likeness (QED) is 0.742. The molecule has 0 aromatic rings. The molecule has 3 N–H and O–H groups in total. The number of hydrogen-bond acceptors (Lipinski definition) is 3. The summed E-state index contributed by atoms with van der Waals surface area (Å²) in [4.78, 5) is 0. The van der Waals surface area contributed by atoms with Crippen LogP contribution in [0, 0.1) is 5.92 Å². The van der Waals surface area contributed by atoms with Crippen molar-refractivity contribution in [2.75, 3.05) is 12.3 Å².